The number of hydrogen-bond acceptors (Lipinski definition) is 5. The Morgan fingerprint density at radius 1 is 1.23 bits per heavy atom. The highest BCUT2D eigenvalue weighted by atomic mass is 35.5. The summed E-state index contributed by atoms with van der Waals surface area (Å²) in [5.74, 6) is 0.709. The van der Waals surface area contributed by atoms with Crippen LogP contribution in [0.3, 0.4) is 0 Å². The lowest BCUT2D eigenvalue weighted by atomic mass is 10.1. The van der Waals surface area contributed by atoms with Crippen LogP contribution in [0, 0.1) is 18.3 Å². The Morgan fingerprint density at radius 2 is 2.04 bits per heavy atom. The van der Waals surface area contributed by atoms with Gasteiger partial charge in [0.25, 0.3) is 5.89 Å². The summed E-state index contributed by atoms with van der Waals surface area (Å²) in [6, 6.07) is 12.7. The summed E-state index contributed by atoms with van der Waals surface area (Å²) in [5.41, 5.74) is 3.32. The molecule has 0 aliphatic carbocycles. The fraction of sp³-hybridized carbons (Fsp3) is 0.105. The van der Waals surface area contributed by atoms with E-state index >= 15 is 0 Å². The first-order chi connectivity index (χ1) is 12.5. The molecule has 7 heteroatoms. The number of nitrogens with one attached hydrogen (secondary N) is 1. The molecule has 0 aliphatic rings. The van der Waals surface area contributed by atoms with Gasteiger partial charge in [-0.1, -0.05) is 35.3 Å². The summed E-state index contributed by atoms with van der Waals surface area (Å²) in [5, 5.41) is 21.5. The minimum absolute atomic E-state index is 0.336. The third-order valence-corrected chi connectivity index (χ3v) is 4.51. The molecule has 0 fully saturated rings. The number of rotatable bonds is 4. The monoisotopic (exact) mass is 384 g/mol. The van der Waals surface area contributed by atoms with Gasteiger partial charge in [0, 0.05) is 16.3 Å². The molecule has 0 atom stereocenters. The molecule has 0 spiro atoms. The van der Waals surface area contributed by atoms with Crippen LogP contribution in [0.4, 0.5) is 5.69 Å². The van der Waals surface area contributed by atoms with Crippen molar-refractivity contribution in [3.63, 3.8) is 0 Å². The van der Waals surface area contributed by atoms with E-state index in [4.69, 9.17) is 32.9 Å². The Morgan fingerprint density at radius 3 is 2.73 bits per heavy atom. The van der Waals surface area contributed by atoms with Gasteiger partial charge in [0.2, 0.25) is 5.89 Å². The molecule has 5 nitrogen and oxygen atoms in total. The van der Waals surface area contributed by atoms with E-state index in [0.29, 0.717) is 33.1 Å². The smallest absolute Gasteiger partial charge is 0.264 e. The fourth-order valence-electron chi connectivity index (χ4n) is 2.37. The standard InChI is InChI=1S/C19H14Cl2N4O/c1-3-15(23-16-8-7-13(10-22)17(21)11(16)2)19-25-24-18(26-19)12-5-4-6-14(20)9-12/h3-9,23H,1-2H3. The predicted molar refractivity (Wildman–Crippen MR) is 103 cm³/mol. The van der Waals surface area contributed by atoms with Crippen molar-refractivity contribution >= 4 is 34.6 Å². The fourth-order valence-corrected chi connectivity index (χ4v) is 2.77. The van der Waals surface area contributed by atoms with Crippen molar-refractivity contribution in [3.05, 3.63) is 69.5 Å². The van der Waals surface area contributed by atoms with E-state index in [1.807, 2.05) is 32.1 Å². The number of allylic oxidation sites excluding steroid dienone is 1. The van der Waals surface area contributed by atoms with E-state index in [2.05, 4.69) is 21.6 Å². The molecule has 1 heterocycles. The maximum atomic E-state index is 9.06. The second-order valence-corrected chi connectivity index (χ2v) is 6.28. The lowest BCUT2D eigenvalue weighted by molar-refractivity contribution is 0.553. The number of anilines is 1. The summed E-state index contributed by atoms with van der Waals surface area (Å²) >= 11 is 12.2. The van der Waals surface area contributed by atoms with Crippen molar-refractivity contribution in [3.8, 4) is 17.5 Å². The molecule has 3 aromatic rings. The first kappa shape index (κ1) is 18.0. The Hall–Kier alpha value is -2.81. The summed E-state index contributed by atoms with van der Waals surface area (Å²) in [6.07, 6.45) is 1.82. The average Bonchev–Trinajstić information content (AvgIpc) is 3.13. The highest BCUT2D eigenvalue weighted by Gasteiger charge is 2.15. The van der Waals surface area contributed by atoms with E-state index in [1.165, 1.54) is 0 Å². The normalized spacial score (nSPS) is 11.3. The van der Waals surface area contributed by atoms with Crippen molar-refractivity contribution in [1.29, 1.82) is 5.26 Å². The maximum Gasteiger partial charge on any atom is 0.264 e. The number of halogens is 2. The topological polar surface area (TPSA) is 74.7 Å². The van der Waals surface area contributed by atoms with Crippen molar-refractivity contribution in [2.45, 2.75) is 13.8 Å². The molecule has 0 bridgehead atoms. The molecule has 1 N–H and O–H groups in total. The average molecular weight is 385 g/mol. The quantitative estimate of drug-likeness (QED) is 0.624. The van der Waals surface area contributed by atoms with Gasteiger partial charge in [0.1, 0.15) is 6.07 Å². The van der Waals surface area contributed by atoms with Gasteiger partial charge >= 0.3 is 0 Å². The molecule has 1 aromatic heterocycles. The van der Waals surface area contributed by atoms with Crippen LogP contribution in [0.1, 0.15) is 23.9 Å². The first-order valence-electron chi connectivity index (χ1n) is 7.76. The number of hydrogen-bond donors (Lipinski definition) is 1. The van der Waals surface area contributed by atoms with E-state index in [1.54, 1.807) is 24.3 Å². The van der Waals surface area contributed by atoms with Crippen LogP contribution in [-0.4, -0.2) is 10.2 Å². The Labute approximate surface area is 160 Å². The highest BCUT2D eigenvalue weighted by molar-refractivity contribution is 6.33. The van der Waals surface area contributed by atoms with Crippen LogP contribution in [0.25, 0.3) is 17.2 Å². The SMILES string of the molecule is CC=C(Nc1ccc(C#N)c(Cl)c1C)c1nnc(-c2cccc(Cl)c2)o1. The van der Waals surface area contributed by atoms with E-state index in [0.717, 1.165) is 16.8 Å². The predicted octanol–water partition coefficient (Wildman–Crippen LogP) is 5.70. The molecule has 0 saturated carbocycles. The van der Waals surface area contributed by atoms with Crippen LogP contribution in [0.15, 0.2) is 46.9 Å². The lowest BCUT2D eigenvalue weighted by Crippen LogP contribution is -2.01. The van der Waals surface area contributed by atoms with Crippen molar-refractivity contribution < 1.29 is 4.42 Å². The third kappa shape index (κ3) is 3.57. The van der Waals surface area contributed by atoms with Gasteiger partial charge in [-0.05, 0) is 49.7 Å². The van der Waals surface area contributed by atoms with Crippen molar-refractivity contribution in [2.24, 2.45) is 0 Å². The largest absolute Gasteiger partial charge is 0.415 e. The molecule has 0 saturated heterocycles. The molecule has 0 unspecified atom stereocenters. The Balaban J connectivity index is 1.90. The van der Waals surface area contributed by atoms with Gasteiger partial charge in [-0.2, -0.15) is 5.26 Å². The summed E-state index contributed by atoms with van der Waals surface area (Å²) in [4.78, 5) is 0. The lowest BCUT2D eigenvalue weighted by Gasteiger charge is -2.12. The molecular weight excluding hydrogens is 371 g/mol. The minimum Gasteiger partial charge on any atom is -0.415 e. The van der Waals surface area contributed by atoms with Gasteiger partial charge in [0.05, 0.1) is 16.3 Å². The first-order valence-corrected chi connectivity index (χ1v) is 8.51. The van der Waals surface area contributed by atoms with Gasteiger partial charge in [-0.25, -0.2) is 0 Å². The van der Waals surface area contributed by atoms with Gasteiger partial charge in [-0.3, -0.25) is 0 Å². The molecule has 130 valence electrons. The number of benzene rings is 2. The van der Waals surface area contributed by atoms with Gasteiger partial charge in [-0.15, -0.1) is 10.2 Å². The van der Waals surface area contributed by atoms with Crippen LogP contribution < -0.4 is 5.32 Å². The minimum atomic E-state index is 0.336. The molecule has 0 radical (unpaired) electrons. The molecule has 0 aliphatic heterocycles. The molecule has 2 aromatic carbocycles. The van der Waals surface area contributed by atoms with E-state index < -0.39 is 0 Å². The molecule has 3 rings (SSSR count). The molecular formula is C19H14Cl2N4O. The zero-order valence-electron chi connectivity index (χ0n) is 14.0. The second-order valence-electron chi connectivity index (χ2n) is 5.46. The number of aromatic nitrogens is 2. The molecule has 0 amide bonds. The summed E-state index contributed by atoms with van der Waals surface area (Å²) in [6.45, 7) is 3.69. The van der Waals surface area contributed by atoms with Crippen molar-refractivity contribution in [2.75, 3.05) is 5.32 Å². The zero-order valence-corrected chi connectivity index (χ0v) is 15.6. The van der Waals surface area contributed by atoms with Crippen molar-refractivity contribution in [1.82, 2.24) is 10.2 Å². The van der Waals surface area contributed by atoms with E-state index in [9.17, 15) is 0 Å². The van der Waals surface area contributed by atoms with E-state index in [-0.39, 0.29) is 0 Å². The molecule has 26 heavy (non-hydrogen) atoms. The van der Waals surface area contributed by atoms with Crippen LogP contribution >= 0.6 is 23.2 Å². The van der Waals surface area contributed by atoms with Gasteiger partial charge < -0.3 is 9.73 Å². The van der Waals surface area contributed by atoms with Gasteiger partial charge in [0.15, 0.2) is 0 Å². The second kappa shape index (κ2) is 7.61. The highest BCUT2D eigenvalue weighted by Crippen LogP contribution is 2.30. The zero-order chi connectivity index (χ0) is 18.7. The number of nitriles is 1. The Bertz CT molecular complexity index is 1030. The summed E-state index contributed by atoms with van der Waals surface area (Å²) < 4.78 is 5.77. The van der Waals surface area contributed by atoms with Crippen LogP contribution in [0.5, 0.6) is 0 Å². The van der Waals surface area contributed by atoms with Crippen LogP contribution in [-0.2, 0) is 0 Å². The number of nitrogens with zero attached hydrogens (tertiary/aromatic N) is 3. The van der Waals surface area contributed by atoms with Crippen LogP contribution in [0.2, 0.25) is 10.0 Å². The third-order valence-electron chi connectivity index (χ3n) is 3.79. The summed E-state index contributed by atoms with van der Waals surface area (Å²) in [7, 11) is 0. The maximum absolute atomic E-state index is 9.06. The Kier molecular flexibility index (Phi) is 5.27.